The summed E-state index contributed by atoms with van der Waals surface area (Å²) in [6, 6.07) is 2.40. The standard InChI is InChI=1S/C22H24N2O9/c1-21(32)7-5-4-6-8(25)9(7)15(26)10-12(21)17(28)13-14(24(2)3)16(27)11(20(23)31)19(30)22(13,33)18(10)29/h4-6,10-14,17,25,28,32-33H,1-3H3,(H2,23,31)/t10?,11?,12?,13?,14-,17?,21?,22?/m0/s1. The second-order valence-corrected chi connectivity index (χ2v) is 9.37. The first-order valence-corrected chi connectivity index (χ1v) is 10.3. The third kappa shape index (κ3) is 2.67. The van der Waals surface area contributed by atoms with Gasteiger partial charge in [0.15, 0.2) is 34.7 Å². The molecule has 2 fully saturated rings. The largest absolute Gasteiger partial charge is 0.507 e. The molecule has 33 heavy (non-hydrogen) atoms. The van der Waals surface area contributed by atoms with Crippen LogP contribution in [-0.4, -0.2) is 86.2 Å². The highest BCUT2D eigenvalue weighted by atomic mass is 16.3. The van der Waals surface area contributed by atoms with Gasteiger partial charge in [0.2, 0.25) is 5.91 Å². The smallest absolute Gasteiger partial charge is 0.235 e. The van der Waals surface area contributed by atoms with Gasteiger partial charge in [0.1, 0.15) is 5.75 Å². The van der Waals surface area contributed by atoms with Crippen LogP contribution in [0.2, 0.25) is 0 Å². The van der Waals surface area contributed by atoms with Crippen molar-refractivity contribution in [3.8, 4) is 5.75 Å². The van der Waals surface area contributed by atoms with Gasteiger partial charge in [-0.1, -0.05) is 12.1 Å². The van der Waals surface area contributed by atoms with Gasteiger partial charge in [0.05, 0.1) is 35.1 Å². The summed E-state index contributed by atoms with van der Waals surface area (Å²) in [4.78, 5) is 66.4. The van der Waals surface area contributed by atoms with Crippen LogP contribution in [0.4, 0.5) is 0 Å². The topological polar surface area (TPSA) is 196 Å². The van der Waals surface area contributed by atoms with E-state index in [1.807, 2.05) is 0 Å². The maximum atomic E-state index is 13.7. The van der Waals surface area contributed by atoms with Crippen molar-refractivity contribution in [2.75, 3.05) is 14.1 Å². The Bertz CT molecular complexity index is 1130. The molecule has 0 aromatic heterocycles. The number of ketones is 4. The van der Waals surface area contributed by atoms with Crippen molar-refractivity contribution in [1.29, 1.82) is 0 Å². The highest BCUT2D eigenvalue weighted by Gasteiger charge is 2.74. The maximum absolute atomic E-state index is 13.7. The zero-order valence-corrected chi connectivity index (χ0v) is 18.1. The van der Waals surface area contributed by atoms with E-state index >= 15 is 0 Å². The maximum Gasteiger partial charge on any atom is 0.235 e. The van der Waals surface area contributed by atoms with Crippen LogP contribution in [0.5, 0.6) is 5.75 Å². The number of benzene rings is 1. The van der Waals surface area contributed by atoms with E-state index in [0.29, 0.717) is 0 Å². The molecule has 1 amide bonds. The summed E-state index contributed by atoms with van der Waals surface area (Å²) >= 11 is 0. The number of aromatic hydroxyl groups is 1. The molecule has 7 unspecified atom stereocenters. The second-order valence-electron chi connectivity index (χ2n) is 9.37. The summed E-state index contributed by atoms with van der Waals surface area (Å²) in [6.07, 6.45) is -1.90. The predicted octanol–water partition coefficient (Wildman–Crippen LogP) is -2.50. The summed E-state index contributed by atoms with van der Waals surface area (Å²) < 4.78 is 0. The lowest BCUT2D eigenvalue weighted by atomic mass is 9.48. The lowest BCUT2D eigenvalue weighted by molar-refractivity contribution is -0.210. The lowest BCUT2D eigenvalue weighted by Gasteiger charge is -2.57. The molecule has 0 radical (unpaired) electrons. The van der Waals surface area contributed by atoms with Crippen molar-refractivity contribution in [3.05, 3.63) is 29.3 Å². The molecule has 0 heterocycles. The highest BCUT2D eigenvalue weighted by Crippen LogP contribution is 2.55. The summed E-state index contributed by atoms with van der Waals surface area (Å²) in [5.74, 6) is -14.2. The molecule has 1 aromatic carbocycles. The van der Waals surface area contributed by atoms with Crippen LogP contribution in [0.15, 0.2) is 18.2 Å². The molecule has 8 atom stereocenters. The van der Waals surface area contributed by atoms with E-state index in [9.17, 15) is 44.4 Å². The Balaban J connectivity index is 2.01. The van der Waals surface area contributed by atoms with E-state index in [1.54, 1.807) is 0 Å². The lowest BCUT2D eigenvalue weighted by Crippen LogP contribution is -2.78. The molecular formula is C22H24N2O9. The van der Waals surface area contributed by atoms with Crippen LogP contribution in [0, 0.1) is 23.7 Å². The minimum atomic E-state index is -3.10. The number of primary amides is 1. The first kappa shape index (κ1) is 23.2. The van der Waals surface area contributed by atoms with Gasteiger partial charge in [0, 0.05) is 5.92 Å². The number of carbonyl (C=O) groups is 5. The number of hydrogen-bond donors (Lipinski definition) is 5. The number of aliphatic hydroxyl groups excluding tert-OH is 1. The molecule has 3 aliphatic carbocycles. The summed E-state index contributed by atoms with van der Waals surface area (Å²) in [7, 11) is 2.77. The third-order valence-electron chi connectivity index (χ3n) is 7.40. The number of aliphatic hydroxyl groups is 3. The average molecular weight is 460 g/mol. The molecule has 0 spiro atoms. The van der Waals surface area contributed by atoms with E-state index in [2.05, 4.69) is 0 Å². The molecule has 0 saturated heterocycles. The Labute approximate surface area is 187 Å². The predicted molar refractivity (Wildman–Crippen MR) is 109 cm³/mol. The number of phenolic OH excluding ortho intramolecular Hbond substituents is 1. The zero-order valence-electron chi connectivity index (χ0n) is 18.1. The molecule has 11 nitrogen and oxygen atoms in total. The number of amides is 1. The summed E-state index contributed by atoms with van der Waals surface area (Å²) in [6.45, 7) is 1.24. The van der Waals surface area contributed by atoms with Crippen molar-refractivity contribution in [2.45, 2.75) is 30.3 Å². The number of hydrogen-bond acceptors (Lipinski definition) is 10. The molecule has 3 aliphatic rings. The molecule has 11 heteroatoms. The quantitative estimate of drug-likeness (QED) is 0.294. The van der Waals surface area contributed by atoms with Crippen LogP contribution in [-0.2, 0) is 24.8 Å². The Kier molecular flexibility index (Phi) is 4.92. The minimum Gasteiger partial charge on any atom is -0.507 e. The first-order chi connectivity index (χ1) is 15.2. The second kappa shape index (κ2) is 7.00. The monoisotopic (exact) mass is 460 g/mol. The average Bonchev–Trinajstić information content (AvgIpc) is 2.70. The van der Waals surface area contributed by atoms with Crippen LogP contribution in [0.3, 0.4) is 0 Å². The van der Waals surface area contributed by atoms with Gasteiger partial charge in [-0.05, 0) is 32.6 Å². The SMILES string of the molecule is CN(C)[C@@H]1C(=O)C(C(N)=O)C(=O)C2(O)C(=O)C3C(=O)c4c(O)cccc4C(C)(O)C3C(O)C12. The molecule has 6 N–H and O–H groups in total. The Morgan fingerprint density at radius 1 is 1.06 bits per heavy atom. The Hall–Kier alpha value is -2.99. The van der Waals surface area contributed by atoms with Crippen molar-refractivity contribution in [2.24, 2.45) is 29.4 Å². The van der Waals surface area contributed by atoms with Crippen LogP contribution in [0.25, 0.3) is 0 Å². The van der Waals surface area contributed by atoms with Crippen LogP contribution < -0.4 is 5.73 Å². The number of carbonyl (C=O) groups excluding carboxylic acids is 5. The van der Waals surface area contributed by atoms with Gasteiger partial charge in [-0.25, -0.2) is 0 Å². The van der Waals surface area contributed by atoms with Gasteiger partial charge >= 0.3 is 0 Å². The molecule has 1 aromatic rings. The zero-order chi connectivity index (χ0) is 24.8. The number of nitrogens with two attached hydrogens (primary N) is 1. The first-order valence-electron chi connectivity index (χ1n) is 10.3. The molecular weight excluding hydrogens is 436 g/mol. The highest BCUT2D eigenvalue weighted by molar-refractivity contribution is 6.32. The van der Waals surface area contributed by atoms with Crippen molar-refractivity contribution in [3.63, 3.8) is 0 Å². The minimum absolute atomic E-state index is 0.0454. The molecule has 0 aliphatic heterocycles. The number of nitrogens with zero attached hydrogens (tertiary/aromatic N) is 1. The summed E-state index contributed by atoms with van der Waals surface area (Å²) in [5, 5.41) is 44.5. The van der Waals surface area contributed by atoms with E-state index in [-0.39, 0.29) is 11.1 Å². The number of phenols is 1. The van der Waals surface area contributed by atoms with Crippen molar-refractivity contribution >= 4 is 29.0 Å². The van der Waals surface area contributed by atoms with Gasteiger partial charge in [-0.3, -0.25) is 28.9 Å². The Morgan fingerprint density at radius 3 is 2.21 bits per heavy atom. The number of rotatable bonds is 2. The number of fused-ring (bicyclic) bond motifs is 3. The van der Waals surface area contributed by atoms with Crippen LogP contribution in [0.1, 0.15) is 22.8 Å². The normalized spacial score (nSPS) is 40.3. The molecule has 176 valence electrons. The fourth-order valence-electron chi connectivity index (χ4n) is 5.97. The Morgan fingerprint density at radius 2 is 1.67 bits per heavy atom. The van der Waals surface area contributed by atoms with E-state index in [1.165, 1.54) is 44.1 Å². The van der Waals surface area contributed by atoms with E-state index in [4.69, 9.17) is 5.73 Å². The van der Waals surface area contributed by atoms with Gasteiger partial charge in [0.25, 0.3) is 0 Å². The number of likely N-dealkylation sites (N-methyl/N-ethyl adjacent to an activating group) is 1. The van der Waals surface area contributed by atoms with Gasteiger partial charge in [-0.2, -0.15) is 0 Å². The van der Waals surface area contributed by atoms with Gasteiger partial charge in [-0.15, -0.1) is 0 Å². The number of Topliss-reactive ketones (excluding diaryl/α,β-unsaturated/α-hetero) is 4. The summed E-state index contributed by atoms with van der Waals surface area (Å²) in [5.41, 5.74) is -0.350. The molecule has 4 rings (SSSR count). The molecule has 0 bridgehead atoms. The van der Waals surface area contributed by atoms with Crippen LogP contribution >= 0.6 is 0 Å². The van der Waals surface area contributed by atoms with E-state index < -0.39 is 81.8 Å². The van der Waals surface area contributed by atoms with E-state index in [0.717, 1.165) is 0 Å². The fourth-order valence-corrected chi connectivity index (χ4v) is 5.97. The van der Waals surface area contributed by atoms with Gasteiger partial charge < -0.3 is 26.2 Å². The third-order valence-corrected chi connectivity index (χ3v) is 7.40. The van der Waals surface area contributed by atoms with Crippen molar-refractivity contribution in [1.82, 2.24) is 4.90 Å². The van der Waals surface area contributed by atoms with Crippen molar-refractivity contribution < 1.29 is 44.4 Å². The molecule has 2 saturated carbocycles. The fraction of sp³-hybridized carbons (Fsp3) is 0.500.